The van der Waals surface area contributed by atoms with Crippen molar-refractivity contribution < 1.29 is 9.50 Å². The molecule has 1 aromatic rings. The van der Waals surface area contributed by atoms with Crippen LogP contribution in [-0.4, -0.2) is 5.11 Å². The molecule has 0 bridgehead atoms. The first-order valence-corrected chi connectivity index (χ1v) is 5.28. The fourth-order valence-corrected chi connectivity index (χ4v) is 1.66. The smallest absolute Gasteiger partial charge is 0.123 e. The van der Waals surface area contributed by atoms with Crippen molar-refractivity contribution in [1.82, 2.24) is 0 Å². The first-order valence-electron chi connectivity index (χ1n) is 4.49. The highest BCUT2D eigenvalue weighted by molar-refractivity contribution is 9.10. The molecule has 0 aliphatic rings. The predicted molar refractivity (Wildman–Crippen MR) is 61.7 cm³/mol. The van der Waals surface area contributed by atoms with Crippen LogP contribution >= 0.6 is 15.9 Å². The lowest BCUT2D eigenvalue weighted by atomic mass is 9.83. The van der Waals surface area contributed by atoms with E-state index in [1.54, 1.807) is 19.9 Å². The van der Waals surface area contributed by atoms with Gasteiger partial charge in [0.2, 0.25) is 0 Å². The average molecular weight is 271 g/mol. The second-order valence-electron chi connectivity index (χ2n) is 3.93. The van der Waals surface area contributed by atoms with Crippen LogP contribution in [0.15, 0.2) is 22.7 Å². The fourth-order valence-electron chi connectivity index (χ4n) is 1.19. The zero-order chi connectivity index (χ0) is 11.6. The molecule has 0 aliphatic carbocycles. The van der Waals surface area contributed by atoms with Crippen LogP contribution in [-0.2, 0) is 0 Å². The summed E-state index contributed by atoms with van der Waals surface area (Å²) in [5.41, 5.74) is -0.256. The van der Waals surface area contributed by atoms with E-state index < -0.39 is 11.5 Å². The van der Waals surface area contributed by atoms with E-state index in [-0.39, 0.29) is 5.82 Å². The van der Waals surface area contributed by atoms with Crippen molar-refractivity contribution in [1.29, 1.82) is 0 Å². The van der Waals surface area contributed by atoms with Gasteiger partial charge in [0.1, 0.15) is 5.82 Å². The molecule has 1 rings (SSSR count). The summed E-state index contributed by atoms with van der Waals surface area (Å²) in [5, 5.41) is 10.0. The zero-order valence-electron chi connectivity index (χ0n) is 8.59. The molecule has 1 atom stereocenters. The van der Waals surface area contributed by atoms with Gasteiger partial charge < -0.3 is 5.11 Å². The number of benzene rings is 1. The molecule has 0 saturated heterocycles. The molecule has 1 nitrogen and oxygen atoms in total. The topological polar surface area (TPSA) is 20.2 Å². The number of hydrogen-bond donors (Lipinski definition) is 1. The van der Waals surface area contributed by atoms with Gasteiger partial charge in [-0.25, -0.2) is 4.39 Å². The van der Waals surface area contributed by atoms with E-state index in [9.17, 15) is 9.50 Å². The van der Waals surface area contributed by atoms with E-state index in [1.165, 1.54) is 12.1 Å². The molecular formula is C12H12BrFO. The number of terminal acetylenes is 1. The lowest BCUT2D eigenvalue weighted by molar-refractivity contribution is 0.0872. The second kappa shape index (κ2) is 4.34. The molecule has 1 unspecified atom stereocenters. The Morgan fingerprint density at radius 3 is 2.67 bits per heavy atom. The lowest BCUT2D eigenvalue weighted by Gasteiger charge is -2.25. The Labute approximate surface area is 97.4 Å². The monoisotopic (exact) mass is 270 g/mol. The Morgan fingerprint density at radius 2 is 2.13 bits per heavy atom. The number of rotatable bonds is 2. The quantitative estimate of drug-likeness (QED) is 0.818. The van der Waals surface area contributed by atoms with Gasteiger partial charge in [0.05, 0.1) is 11.5 Å². The van der Waals surface area contributed by atoms with Crippen LogP contribution in [0.4, 0.5) is 4.39 Å². The van der Waals surface area contributed by atoms with Gasteiger partial charge in [-0.1, -0.05) is 21.9 Å². The molecule has 0 radical (unpaired) electrons. The predicted octanol–water partition coefficient (Wildman–Crippen LogP) is 3.28. The van der Waals surface area contributed by atoms with Crippen LogP contribution in [0.3, 0.4) is 0 Å². The van der Waals surface area contributed by atoms with Crippen molar-refractivity contribution in [3.63, 3.8) is 0 Å². The van der Waals surface area contributed by atoms with Gasteiger partial charge in [-0.15, -0.1) is 6.42 Å². The molecule has 0 saturated carbocycles. The van der Waals surface area contributed by atoms with E-state index in [4.69, 9.17) is 6.42 Å². The van der Waals surface area contributed by atoms with Gasteiger partial charge >= 0.3 is 0 Å². The Balaban J connectivity index is 3.17. The maximum atomic E-state index is 13.0. The molecule has 1 N–H and O–H groups in total. The molecule has 80 valence electrons. The van der Waals surface area contributed by atoms with Crippen LogP contribution < -0.4 is 0 Å². The van der Waals surface area contributed by atoms with Gasteiger partial charge in [0.15, 0.2) is 0 Å². The van der Waals surface area contributed by atoms with Crippen LogP contribution in [0.2, 0.25) is 0 Å². The molecule has 1 aromatic carbocycles. The fraction of sp³-hybridized carbons (Fsp3) is 0.333. The minimum Gasteiger partial charge on any atom is -0.387 e. The number of aliphatic hydroxyl groups is 1. The minimum absolute atomic E-state index is 0.389. The number of hydrogen-bond acceptors (Lipinski definition) is 1. The van der Waals surface area contributed by atoms with E-state index >= 15 is 0 Å². The standard InChI is InChI=1S/C12H12BrFO/c1-4-12(2,3)11(15)9-7-8(14)5-6-10(9)13/h1,5-7,11,15H,2-3H3. The molecule has 0 heterocycles. The molecular weight excluding hydrogens is 259 g/mol. The summed E-state index contributed by atoms with van der Waals surface area (Å²) in [6.45, 7) is 3.46. The summed E-state index contributed by atoms with van der Waals surface area (Å²) in [7, 11) is 0. The third-order valence-electron chi connectivity index (χ3n) is 2.31. The van der Waals surface area contributed by atoms with Gasteiger partial charge in [-0.3, -0.25) is 0 Å². The first kappa shape index (κ1) is 12.2. The number of halogens is 2. The average Bonchev–Trinajstić information content (AvgIpc) is 2.20. The van der Waals surface area contributed by atoms with Crippen molar-refractivity contribution in [2.75, 3.05) is 0 Å². The zero-order valence-corrected chi connectivity index (χ0v) is 10.2. The first-order chi connectivity index (χ1) is 6.88. The highest BCUT2D eigenvalue weighted by Gasteiger charge is 2.28. The van der Waals surface area contributed by atoms with Crippen molar-refractivity contribution in [2.24, 2.45) is 5.41 Å². The molecule has 15 heavy (non-hydrogen) atoms. The summed E-state index contributed by atoms with van der Waals surface area (Å²) < 4.78 is 13.7. The van der Waals surface area contributed by atoms with Crippen LogP contribution in [0.5, 0.6) is 0 Å². The summed E-state index contributed by atoms with van der Waals surface area (Å²) in [4.78, 5) is 0. The third-order valence-corrected chi connectivity index (χ3v) is 3.03. The molecule has 0 spiro atoms. The molecule has 0 aliphatic heterocycles. The van der Waals surface area contributed by atoms with E-state index in [0.29, 0.717) is 10.0 Å². The van der Waals surface area contributed by atoms with Crippen LogP contribution in [0, 0.1) is 23.6 Å². The lowest BCUT2D eigenvalue weighted by Crippen LogP contribution is -2.20. The van der Waals surface area contributed by atoms with Gasteiger partial charge in [0.25, 0.3) is 0 Å². The van der Waals surface area contributed by atoms with Gasteiger partial charge in [-0.05, 0) is 37.6 Å². The molecule has 0 aromatic heterocycles. The van der Waals surface area contributed by atoms with Crippen molar-refractivity contribution >= 4 is 15.9 Å². The molecule has 3 heteroatoms. The Hall–Kier alpha value is -0.850. The van der Waals surface area contributed by atoms with E-state index in [2.05, 4.69) is 21.9 Å². The maximum Gasteiger partial charge on any atom is 0.123 e. The summed E-state index contributed by atoms with van der Waals surface area (Å²) in [6, 6.07) is 4.16. The molecule has 0 fully saturated rings. The van der Waals surface area contributed by atoms with Crippen molar-refractivity contribution in [3.8, 4) is 12.3 Å². The summed E-state index contributed by atoms with van der Waals surface area (Å²) in [5.74, 6) is 2.10. The largest absolute Gasteiger partial charge is 0.387 e. The van der Waals surface area contributed by atoms with Crippen LogP contribution in [0.25, 0.3) is 0 Å². The number of aliphatic hydroxyl groups excluding tert-OH is 1. The van der Waals surface area contributed by atoms with Gasteiger partial charge in [-0.2, -0.15) is 0 Å². The SMILES string of the molecule is C#CC(C)(C)C(O)c1cc(F)ccc1Br. The minimum atomic E-state index is -0.896. The highest BCUT2D eigenvalue weighted by atomic mass is 79.9. The van der Waals surface area contributed by atoms with E-state index in [1.807, 2.05) is 0 Å². The Kier molecular flexibility index (Phi) is 3.54. The highest BCUT2D eigenvalue weighted by Crippen LogP contribution is 2.36. The normalized spacial score (nSPS) is 13.3. The van der Waals surface area contributed by atoms with Crippen LogP contribution in [0.1, 0.15) is 25.5 Å². The van der Waals surface area contributed by atoms with Crippen molar-refractivity contribution in [2.45, 2.75) is 20.0 Å². The molecule has 0 amide bonds. The van der Waals surface area contributed by atoms with Gasteiger partial charge in [0, 0.05) is 4.47 Å². The Morgan fingerprint density at radius 1 is 1.53 bits per heavy atom. The maximum absolute atomic E-state index is 13.0. The second-order valence-corrected chi connectivity index (χ2v) is 4.79. The summed E-state index contributed by atoms with van der Waals surface area (Å²) >= 11 is 3.26. The Bertz CT molecular complexity index is 407. The third kappa shape index (κ3) is 2.58. The van der Waals surface area contributed by atoms with E-state index in [0.717, 1.165) is 0 Å². The van der Waals surface area contributed by atoms with Crippen molar-refractivity contribution in [3.05, 3.63) is 34.1 Å². The summed E-state index contributed by atoms with van der Waals surface area (Å²) in [6.07, 6.45) is 4.42.